The lowest BCUT2D eigenvalue weighted by Gasteiger charge is -2.35. The molecule has 2 aliphatic heterocycles. The van der Waals surface area contributed by atoms with Gasteiger partial charge in [-0.2, -0.15) is 5.21 Å². The van der Waals surface area contributed by atoms with Gasteiger partial charge in [-0.1, -0.05) is 5.21 Å². The van der Waals surface area contributed by atoms with Crippen molar-refractivity contribution in [1.82, 2.24) is 20.6 Å². The number of nitrogens with zero attached hydrogens (tertiary/aromatic N) is 3. The van der Waals surface area contributed by atoms with Crippen LogP contribution in [0.25, 0.3) is 0 Å². The highest BCUT2D eigenvalue weighted by molar-refractivity contribution is 5.00. The van der Waals surface area contributed by atoms with Crippen LogP contribution in [0.2, 0.25) is 0 Å². The zero-order valence-electron chi connectivity index (χ0n) is 8.48. The molecular weight excluding hydrogens is 196 g/mol. The lowest BCUT2D eigenvalue weighted by atomic mass is 9.85. The monoisotopic (exact) mass is 210 g/mol. The van der Waals surface area contributed by atoms with Gasteiger partial charge in [0.15, 0.2) is 5.82 Å². The van der Waals surface area contributed by atoms with Crippen LogP contribution >= 0.6 is 0 Å². The molecule has 1 spiro atoms. The molecule has 3 rings (SSSR count). The van der Waals surface area contributed by atoms with Crippen LogP contribution in [0.15, 0.2) is 0 Å². The molecule has 0 radical (unpaired) electrons. The molecule has 1 aromatic heterocycles. The van der Waals surface area contributed by atoms with Crippen LogP contribution in [0.3, 0.4) is 0 Å². The predicted molar refractivity (Wildman–Crippen MR) is 50.3 cm³/mol. The van der Waals surface area contributed by atoms with Gasteiger partial charge in [0.25, 0.3) is 0 Å². The van der Waals surface area contributed by atoms with Gasteiger partial charge < -0.3 is 9.47 Å². The van der Waals surface area contributed by atoms with Gasteiger partial charge in [-0.05, 0) is 12.8 Å². The highest BCUT2D eigenvalue weighted by Crippen LogP contribution is 2.38. The van der Waals surface area contributed by atoms with Crippen molar-refractivity contribution in [1.29, 1.82) is 0 Å². The molecule has 82 valence electrons. The van der Waals surface area contributed by atoms with Crippen molar-refractivity contribution < 1.29 is 9.47 Å². The molecule has 1 aromatic rings. The summed E-state index contributed by atoms with van der Waals surface area (Å²) >= 11 is 0. The molecule has 0 aromatic carbocycles. The maximum absolute atomic E-state index is 5.84. The van der Waals surface area contributed by atoms with Gasteiger partial charge in [-0.3, -0.25) is 0 Å². The third-order valence-corrected chi connectivity index (χ3v) is 3.29. The van der Waals surface area contributed by atoms with E-state index < -0.39 is 0 Å². The van der Waals surface area contributed by atoms with Crippen molar-refractivity contribution in [3.8, 4) is 0 Å². The van der Waals surface area contributed by atoms with Crippen molar-refractivity contribution in [2.45, 2.75) is 30.8 Å². The summed E-state index contributed by atoms with van der Waals surface area (Å²) in [6.07, 6.45) is 2.91. The fraction of sp³-hybridized carbons (Fsp3) is 0.889. The molecule has 2 aliphatic rings. The first-order valence-corrected chi connectivity index (χ1v) is 5.33. The van der Waals surface area contributed by atoms with Gasteiger partial charge in [0.05, 0.1) is 12.2 Å². The lowest BCUT2D eigenvalue weighted by Crippen LogP contribution is -2.39. The molecule has 0 bridgehead atoms. The first-order chi connectivity index (χ1) is 7.38. The van der Waals surface area contributed by atoms with Gasteiger partial charge in [0.1, 0.15) is 0 Å². The van der Waals surface area contributed by atoms with E-state index in [0.717, 1.165) is 38.3 Å². The van der Waals surface area contributed by atoms with Crippen LogP contribution in [-0.4, -0.2) is 46.0 Å². The van der Waals surface area contributed by atoms with Crippen LogP contribution in [0.1, 0.15) is 31.0 Å². The molecule has 0 aliphatic carbocycles. The fourth-order valence-electron chi connectivity index (χ4n) is 2.45. The van der Waals surface area contributed by atoms with E-state index in [1.54, 1.807) is 0 Å². The molecule has 2 atom stereocenters. The van der Waals surface area contributed by atoms with Crippen molar-refractivity contribution in [2.75, 3.05) is 19.8 Å². The maximum atomic E-state index is 5.84. The Morgan fingerprint density at radius 1 is 1.40 bits per heavy atom. The summed E-state index contributed by atoms with van der Waals surface area (Å²) in [5.41, 5.74) is -0.0798. The highest BCUT2D eigenvalue weighted by Gasteiger charge is 2.42. The van der Waals surface area contributed by atoms with Crippen LogP contribution in [-0.2, 0) is 9.47 Å². The van der Waals surface area contributed by atoms with E-state index in [1.807, 2.05) is 0 Å². The Hall–Kier alpha value is -1.01. The third-order valence-electron chi connectivity index (χ3n) is 3.29. The zero-order chi connectivity index (χ0) is 10.1. The summed E-state index contributed by atoms with van der Waals surface area (Å²) in [4.78, 5) is 0. The molecule has 2 unspecified atom stereocenters. The largest absolute Gasteiger partial charge is 0.378 e. The fourth-order valence-corrected chi connectivity index (χ4v) is 2.45. The zero-order valence-corrected chi connectivity index (χ0v) is 8.48. The summed E-state index contributed by atoms with van der Waals surface area (Å²) in [7, 11) is 0. The number of H-pyrrole nitrogens is 1. The minimum absolute atomic E-state index is 0.0798. The Morgan fingerprint density at radius 2 is 2.40 bits per heavy atom. The van der Waals surface area contributed by atoms with E-state index in [1.165, 1.54) is 0 Å². The first kappa shape index (κ1) is 9.23. The predicted octanol–water partition coefficient (Wildman–Crippen LogP) is 0.253. The van der Waals surface area contributed by atoms with Gasteiger partial charge in [-0.15, -0.1) is 10.2 Å². The standard InChI is InChI=1S/C9H14N4O2/c1-3-15-9(2-4-14-6-9)5-7(1)8-10-12-13-11-8/h7H,1-6H2,(H,10,11,12,13). The minimum Gasteiger partial charge on any atom is -0.378 e. The summed E-state index contributed by atoms with van der Waals surface area (Å²) < 4.78 is 11.3. The summed E-state index contributed by atoms with van der Waals surface area (Å²) in [6, 6.07) is 0. The van der Waals surface area contributed by atoms with Gasteiger partial charge >= 0.3 is 0 Å². The van der Waals surface area contributed by atoms with E-state index in [2.05, 4.69) is 20.6 Å². The minimum atomic E-state index is -0.0798. The van der Waals surface area contributed by atoms with Crippen molar-refractivity contribution in [3.63, 3.8) is 0 Å². The second-order valence-corrected chi connectivity index (χ2v) is 4.29. The van der Waals surface area contributed by atoms with Crippen molar-refractivity contribution in [2.24, 2.45) is 0 Å². The quantitative estimate of drug-likeness (QED) is 0.719. The second kappa shape index (κ2) is 3.53. The number of tetrazole rings is 1. The maximum Gasteiger partial charge on any atom is 0.177 e. The number of nitrogens with one attached hydrogen (secondary N) is 1. The number of hydrogen-bond donors (Lipinski definition) is 1. The number of hydrogen-bond acceptors (Lipinski definition) is 5. The number of rotatable bonds is 1. The molecule has 15 heavy (non-hydrogen) atoms. The summed E-state index contributed by atoms with van der Waals surface area (Å²) in [5, 5.41) is 14.2. The number of aromatic amines is 1. The van der Waals surface area contributed by atoms with E-state index in [-0.39, 0.29) is 5.60 Å². The average Bonchev–Trinajstić information content (AvgIpc) is 2.89. The SMILES string of the molecule is C1CC2(CO1)CC(c1nn[nH]n1)CCO2. The smallest absolute Gasteiger partial charge is 0.177 e. The van der Waals surface area contributed by atoms with Crippen LogP contribution < -0.4 is 0 Å². The van der Waals surface area contributed by atoms with E-state index in [9.17, 15) is 0 Å². The van der Waals surface area contributed by atoms with Gasteiger partial charge in [-0.25, -0.2) is 0 Å². The first-order valence-electron chi connectivity index (χ1n) is 5.33. The van der Waals surface area contributed by atoms with E-state index >= 15 is 0 Å². The Morgan fingerprint density at radius 3 is 3.13 bits per heavy atom. The van der Waals surface area contributed by atoms with Crippen LogP contribution in [0.5, 0.6) is 0 Å². The Bertz CT molecular complexity index is 321. The molecule has 6 nitrogen and oxygen atoms in total. The molecule has 3 heterocycles. The topological polar surface area (TPSA) is 72.9 Å². The van der Waals surface area contributed by atoms with E-state index in [4.69, 9.17) is 9.47 Å². The summed E-state index contributed by atoms with van der Waals surface area (Å²) in [5.74, 6) is 1.17. The third kappa shape index (κ3) is 1.63. The van der Waals surface area contributed by atoms with Gasteiger partial charge in [0.2, 0.25) is 0 Å². The Balaban J connectivity index is 1.76. The molecule has 2 saturated heterocycles. The molecule has 2 fully saturated rings. The van der Waals surface area contributed by atoms with Gasteiger partial charge in [0, 0.05) is 25.6 Å². The van der Waals surface area contributed by atoms with Crippen molar-refractivity contribution >= 4 is 0 Å². The lowest BCUT2D eigenvalue weighted by molar-refractivity contribution is -0.0872. The van der Waals surface area contributed by atoms with Crippen LogP contribution in [0.4, 0.5) is 0 Å². The molecule has 0 saturated carbocycles. The Labute approximate surface area is 87.3 Å². The number of aromatic nitrogens is 4. The Kier molecular flexibility index (Phi) is 2.17. The average molecular weight is 210 g/mol. The van der Waals surface area contributed by atoms with E-state index in [0.29, 0.717) is 12.5 Å². The second-order valence-electron chi connectivity index (χ2n) is 4.29. The molecular formula is C9H14N4O2. The normalized spacial score (nSPS) is 36.1. The molecule has 0 amide bonds. The molecule has 1 N–H and O–H groups in total. The highest BCUT2D eigenvalue weighted by atomic mass is 16.6. The number of ether oxygens (including phenoxy) is 2. The molecule has 6 heteroatoms. The summed E-state index contributed by atoms with van der Waals surface area (Å²) in [6.45, 7) is 2.28. The van der Waals surface area contributed by atoms with Crippen LogP contribution in [0, 0.1) is 0 Å². The van der Waals surface area contributed by atoms with Crippen molar-refractivity contribution in [3.05, 3.63) is 5.82 Å².